The third-order valence-electron chi connectivity index (χ3n) is 3.03. The topological polar surface area (TPSA) is 101 Å². The minimum atomic E-state index is -0.479. The first kappa shape index (κ1) is 15.9. The van der Waals surface area contributed by atoms with Crippen LogP contribution in [0.1, 0.15) is 16.4 Å². The number of ketones is 1. The molecule has 24 heavy (non-hydrogen) atoms. The van der Waals surface area contributed by atoms with Crippen LogP contribution in [-0.2, 0) is 0 Å². The summed E-state index contributed by atoms with van der Waals surface area (Å²) in [5, 5.41) is 16.0. The number of benzene rings is 1. The van der Waals surface area contributed by atoms with Crippen molar-refractivity contribution in [2.24, 2.45) is 0 Å². The van der Waals surface area contributed by atoms with E-state index in [1.807, 2.05) is 24.3 Å². The van der Waals surface area contributed by atoms with Gasteiger partial charge < -0.3 is 14.3 Å². The molecule has 1 aromatic carbocycles. The quantitative estimate of drug-likeness (QED) is 0.402. The number of aromatic nitrogens is 3. The van der Waals surface area contributed by atoms with Crippen LogP contribution in [0, 0.1) is 0 Å². The van der Waals surface area contributed by atoms with Crippen LogP contribution in [0.5, 0.6) is 5.75 Å². The highest BCUT2D eigenvalue weighted by molar-refractivity contribution is 7.99. The first-order valence-electron chi connectivity index (χ1n) is 6.88. The van der Waals surface area contributed by atoms with Gasteiger partial charge in [0.05, 0.1) is 18.3 Å². The molecule has 0 bridgehead atoms. The fourth-order valence-corrected chi connectivity index (χ4v) is 2.88. The number of H-pyrrole nitrogens is 1. The molecule has 7 nitrogen and oxygen atoms in total. The molecule has 0 aliphatic carbocycles. The Bertz CT molecular complexity index is 871. The summed E-state index contributed by atoms with van der Waals surface area (Å²) in [5.41, 5.74) is 0. The summed E-state index contributed by atoms with van der Waals surface area (Å²) in [6.07, 6.45) is 3.76. The number of ether oxygens (including phenoxy) is 1. The Balaban J connectivity index is 1.82. The van der Waals surface area contributed by atoms with Gasteiger partial charge in [0, 0.05) is 11.0 Å². The SMILES string of the molecule is COc1cccc(Sc2ccoc2C(=O)C=C(O)c2nc[nH]n2)c1. The van der Waals surface area contributed by atoms with Crippen molar-refractivity contribution in [2.75, 3.05) is 7.11 Å². The van der Waals surface area contributed by atoms with Crippen molar-refractivity contribution in [1.29, 1.82) is 0 Å². The monoisotopic (exact) mass is 343 g/mol. The number of aliphatic hydroxyl groups excluding tert-OH is 1. The maximum atomic E-state index is 12.3. The minimum Gasteiger partial charge on any atom is -0.504 e. The highest BCUT2D eigenvalue weighted by Crippen LogP contribution is 2.33. The number of aliphatic hydroxyl groups is 1. The van der Waals surface area contributed by atoms with Gasteiger partial charge in [-0.15, -0.1) is 0 Å². The van der Waals surface area contributed by atoms with Crippen molar-refractivity contribution < 1.29 is 19.1 Å². The van der Waals surface area contributed by atoms with Crippen LogP contribution >= 0.6 is 11.8 Å². The zero-order valence-electron chi connectivity index (χ0n) is 12.6. The molecule has 8 heteroatoms. The lowest BCUT2D eigenvalue weighted by Crippen LogP contribution is -1.97. The second-order valence-electron chi connectivity index (χ2n) is 4.61. The molecule has 0 spiro atoms. The molecule has 2 N–H and O–H groups in total. The fourth-order valence-electron chi connectivity index (χ4n) is 1.94. The Labute approximate surface area is 141 Å². The lowest BCUT2D eigenvalue weighted by molar-refractivity contribution is 0.101. The number of hydrogen-bond acceptors (Lipinski definition) is 7. The number of nitrogens with one attached hydrogen (secondary N) is 1. The molecule has 0 fully saturated rings. The lowest BCUT2D eigenvalue weighted by atomic mass is 10.2. The van der Waals surface area contributed by atoms with E-state index in [1.165, 1.54) is 24.4 Å². The third kappa shape index (κ3) is 3.49. The van der Waals surface area contributed by atoms with Crippen LogP contribution in [0.15, 0.2) is 63.2 Å². The Morgan fingerprint density at radius 3 is 3.04 bits per heavy atom. The number of carbonyl (C=O) groups excluding carboxylic acids is 1. The minimum absolute atomic E-state index is 0.0388. The normalized spacial score (nSPS) is 11.5. The van der Waals surface area contributed by atoms with Crippen LogP contribution in [0.3, 0.4) is 0 Å². The standard InChI is InChI=1S/C16H13N3O4S/c1-22-10-3-2-4-11(7-10)24-14-5-6-23-15(14)12(20)8-13(21)16-17-9-18-19-16/h2-9,21H,1H3,(H,17,18,19). The first-order chi connectivity index (χ1) is 11.7. The van der Waals surface area contributed by atoms with Crippen molar-refractivity contribution in [3.8, 4) is 5.75 Å². The Kier molecular flexibility index (Phi) is 4.66. The van der Waals surface area contributed by atoms with Gasteiger partial charge >= 0.3 is 0 Å². The van der Waals surface area contributed by atoms with Crippen molar-refractivity contribution >= 4 is 23.3 Å². The van der Waals surface area contributed by atoms with Crippen molar-refractivity contribution in [3.05, 3.63) is 60.6 Å². The van der Waals surface area contributed by atoms with E-state index in [0.717, 1.165) is 16.7 Å². The van der Waals surface area contributed by atoms with E-state index in [1.54, 1.807) is 13.2 Å². The van der Waals surface area contributed by atoms with E-state index in [9.17, 15) is 9.90 Å². The predicted molar refractivity (Wildman–Crippen MR) is 87.1 cm³/mol. The van der Waals surface area contributed by atoms with Gasteiger partial charge in [0.1, 0.15) is 12.1 Å². The molecule has 0 amide bonds. The van der Waals surface area contributed by atoms with Gasteiger partial charge in [-0.1, -0.05) is 17.8 Å². The van der Waals surface area contributed by atoms with Gasteiger partial charge in [-0.2, -0.15) is 5.10 Å². The summed E-state index contributed by atoms with van der Waals surface area (Å²) in [4.78, 5) is 17.6. The van der Waals surface area contributed by atoms with Crippen molar-refractivity contribution in [2.45, 2.75) is 9.79 Å². The van der Waals surface area contributed by atoms with E-state index in [-0.39, 0.29) is 17.3 Å². The second kappa shape index (κ2) is 7.05. The van der Waals surface area contributed by atoms with Crippen LogP contribution in [0.2, 0.25) is 0 Å². The van der Waals surface area contributed by atoms with E-state index in [4.69, 9.17) is 9.15 Å². The maximum absolute atomic E-state index is 12.3. The van der Waals surface area contributed by atoms with Gasteiger partial charge in [-0.3, -0.25) is 9.89 Å². The number of nitrogens with zero attached hydrogens (tertiary/aromatic N) is 2. The molecule has 3 aromatic rings. The van der Waals surface area contributed by atoms with Crippen LogP contribution in [0.4, 0.5) is 0 Å². The second-order valence-corrected chi connectivity index (χ2v) is 5.73. The van der Waals surface area contributed by atoms with E-state index < -0.39 is 5.78 Å². The molecular formula is C16H13N3O4S. The number of carbonyl (C=O) groups is 1. The number of methoxy groups -OCH3 is 1. The molecular weight excluding hydrogens is 330 g/mol. The number of hydrogen-bond donors (Lipinski definition) is 2. The molecule has 2 aromatic heterocycles. The van der Waals surface area contributed by atoms with E-state index in [2.05, 4.69) is 15.2 Å². The smallest absolute Gasteiger partial charge is 0.226 e. The summed E-state index contributed by atoms with van der Waals surface area (Å²) in [6, 6.07) is 9.14. The van der Waals surface area contributed by atoms with E-state index in [0.29, 0.717) is 4.90 Å². The third-order valence-corrected chi connectivity index (χ3v) is 4.06. The number of furan rings is 1. The fraction of sp³-hybridized carbons (Fsp3) is 0.0625. The Hall–Kier alpha value is -3.00. The summed E-state index contributed by atoms with van der Waals surface area (Å²) < 4.78 is 10.5. The molecule has 122 valence electrons. The van der Waals surface area contributed by atoms with Crippen LogP contribution in [-0.4, -0.2) is 33.2 Å². The molecule has 3 rings (SSSR count). The highest BCUT2D eigenvalue weighted by atomic mass is 32.2. The van der Waals surface area contributed by atoms with Crippen LogP contribution in [0.25, 0.3) is 5.76 Å². The average Bonchev–Trinajstić information content (AvgIpc) is 3.26. The molecule has 0 radical (unpaired) electrons. The predicted octanol–water partition coefficient (Wildman–Crippen LogP) is 3.34. The van der Waals surface area contributed by atoms with Crippen molar-refractivity contribution in [3.63, 3.8) is 0 Å². The zero-order valence-corrected chi connectivity index (χ0v) is 13.4. The maximum Gasteiger partial charge on any atom is 0.226 e. The lowest BCUT2D eigenvalue weighted by Gasteiger charge is -2.03. The molecule has 0 aliphatic heterocycles. The molecule has 2 heterocycles. The zero-order chi connectivity index (χ0) is 16.9. The van der Waals surface area contributed by atoms with E-state index >= 15 is 0 Å². The molecule has 0 aliphatic rings. The highest BCUT2D eigenvalue weighted by Gasteiger charge is 2.17. The van der Waals surface area contributed by atoms with Gasteiger partial charge in [-0.05, 0) is 24.3 Å². The Morgan fingerprint density at radius 1 is 1.42 bits per heavy atom. The summed E-state index contributed by atoms with van der Waals surface area (Å²) >= 11 is 1.36. The van der Waals surface area contributed by atoms with Crippen molar-refractivity contribution in [1.82, 2.24) is 15.2 Å². The van der Waals surface area contributed by atoms with Gasteiger partial charge in [-0.25, -0.2) is 4.98 Å². The molecule has 0 atom stereocenters. The summed E-state index contributed by atoms with van der Waals surface area (Å²) in [6.45, 7) is 0. The summed E-state index contributed by atoms with van der Waals surface area (Å²) in [7, 11) is 1.59. The average molecular weight is 343 g/mol. The molecule has 0 saturated heterocycles. The number of rotatable bonds is 6. The summed E-state index contributed by atoms with van der Waals surface area (Å²) in [5.74, 6) is 0.0722. The van der Waals surface area contributed by atoms with Gasteiger partial charge in [0.2, 0.25) is 11.6 Å². The number of aromatic amines is 1. The largest absolute Gasteiger partial charge is 0.504 e. The van der Waals surface area contributed by atoms with Crippen LogP contribution < -0.4 is 4.74 Å². The molecule has 0 unspecified atom stereocenters. The van der Waals surface area contributed by atoms with Gasteiger partial charge in [0.15, 0.2) is 11.5 Å². The Morgan fingerprint density at radius 2 is 2.29 bits per heavy atom. The first-order valence-corrected chi connectivity index (χ1v) is 7.69. The number of allylic oxidation sites excluding steroid dienone is 1. The molecule has 0 saturated carbocycles. The van der Waals surface area contributed by atoms with Gasteiger partial charge in [0.25, 0.3) is 0 Å².